The van der Waals surface area contributed by atoms with Gasteiger partial charge >= 0.3 is 0 Å². The van der Waals surface area contributed by atoms with E-state index in [0.717, 1.165) is 37.8 Å². The van der Waals surface area contributed by atoms with Crippen LogP contribution in [0.1, 0.15) is 48.7 Å². The van der Waals surface area contributed by atoms with Gasteiger partial charge in [0.05, 0.1) is 18.2 Å². The third-order valence-corrected chi connectivity index (χ3v) is 6.82. The Bertz CT molecular complexity index is 936. The lowest BCUT2D eigenvalue weighted by molar-refractivity contribution is -0.135. The fourth-order valence-corrected chi connectivity index (χ4v) is 5.12. The molecule has 0 radical (unpaired) electrons. The molecule has 7 nitrogen and oxygen atoms in total. The van der Waals surface area contributed by atoms with Crippen molar-refractivity contribution in [3.05, 3.63) is 35.3 Å². The van der Waals surface area contributed by atoms with Crippen LogP contribution in [-0.2, 0) is 4.79 Å². The third-order valence-electron chi connectivity index (χ3n) is 6.82. The highest BCUT2D eigenvalue weighted by molar-refractivity contribution is 5.99. The molecule has 2 aliphatic rings. The second kappa shape index (κ2) is 8.96. The van der Waals surface area contributed by atoms with Crippen LogP contribution in [0, 0.1) is 12.7 Å². The van der Waals surface area contributed by atoms with E-state index in [1.165, 1.54) is 6.07 Å². The predicted octanol–water partition coefficient (Wildman–Crippen LogP) is 2.18. The maximum atomic E-state index is 14.1. The molecule has 2 amide bonds. The number of aliphatic hydroxyl groups excluding tert-OH is 1. The first-order valence-corrected chi connectivity index (χ1v) is 11.1. The van der Waals surface area contributed by atoms with Crippen molar-refractivity contribution < 1.29 is 19.1 Å². The van der Waals surface area contributed by atoms with E-state index in [9.17, 15) is 19.1 Å². The number of H-pyrrole nitrogens is 1. The lowest BCUT2D eigenvalue weighted by Gasteiger charge is -2.45. The first-order valence-electron chi connectivity index (χ1n) is 11.1. The summed E-state index contributed by atoms with van der Waals surface area (Å²) in [5.41, 5.74) is 1.93. The van der Waals surface area contributed by atoms with E-state index in [1.807, 2.05) is 6.92 Å². The van der Waals surface area contributed by atoms with E-state index < -0.39 is 0 Å². The summed E-state index contributed by atoms with van der Waals surface area (Å²) in [6.45, 7) is 5.44. The monoisotopic (exact) mass is 430 g/mol. The second-order valence-corrected chi connectivity index (χ2v) is 8.87. The second-order valence-electron chi connectivity index (χ2n) is 8.87. The van der Waals surface area contributed by atoms with Gasteiger partial charge in [0, 0.05) is 44.0 Å². The Morgan fingerprint density at radius 2 is 2.10 bits per heavy atom. The quantitative estimate of drug-likeness (QED) is 0.694. The van der Waals surface area contributed by atoms with Crippen LogP contribution in [0.5, 0.6) is 0 Å². The van der Waals surface area contributed by atoms with Gasteiger partial charge in [0.2, 0.25) is 5.91 Å². The molecular weight excluding hydrogens is 399 g/mol. The van der Waals surface area contributed by atoms with Gasteiger partial charge in [0.1, 0.15) is 11.5 Å². The molecule has 3 N–H and O–H groups in total. The fraction of sp³-hybridized carbons (Fsp3) is 0.565. The molecule has 2 fully saturated rings. The van der Waals surface area contributed by atoms with Gasteiger partial charge in [0.25, 0.3) is 5.91 Å². The molecule has 4 rings (SSSR count). The van der Waals surface area contributed by atoms with Crippen LogP contribution in [0.2, 0.25) is 0 Å². The van der Waals surface area contributed by atoms with Gasteiger partial charge in [0.15, 0.2) is 0 Å². The van der Waals surface area contributed by atoms with Crippen LogP contribution >= 0.6 is 0 Å². The number of aryl methyl sites for hydroxylation is 1. The molecule has 2 heterocycles. The minimum atomic E-state index is -0.336. The molecule has 0 spiro atoms. The van der Waals surface area contributed by atoms with E-state index in [0.29, 0.717) is 35.7 Å². The topological polar surface area (TPSA) is 88.7 Å². The Balaban J connectivity index is 1.40. The maximum Gasteiger partial charge on any atom is 0.267 e. The molecular formula is C23H31FN4O3. The summed E-state index contributed by atoms with van der Waals surface area (Å²) < 4.78 is 14.1. The van der Waals surface area contributed by atoms with E-state index in [2.05, 4.69) is 15.2 Å². The Labute approximate surface area is 181 Å². The Morgan fingerprint density at radius 1 is 1.29 bits per heavy atom. The van der Waals surface area contributed by atoms with Crippen molar-refractivity contribution in [1.29, 1.82) is 0 Å². The van der Waals surface area contributed by atoms with Crippen LogP contribution in [0.15, 0.2) is 18.2 Å². The van der Waals surface area contributed by atoms with E-state index >= 15 is 0 Å². The normalized spacial score (nSPS) is 25.0. The molecule has 0 unspecified atom stereocenters. The van der Waals surface area contributed by atoms with Crippen molar-refractivity contribution in [2.75, 3.05) is 26.2 Å². The zero-order valence-electron chi connectivity index (χ0n) is 18.2. The highest BCUT2D eigenvalue weighted by atomic mass is 19.1. The summed E-state index contributed by atoms with van der Waals surface area (Å²) in [7, 11) is 0. The summed E-state index contributed by atoms with van der Waals surface area (Å²) >= 11 is 0. The molecule has 1 saturated carbocycles. The van der Waals surface area contributed by atoms with Crippen LogP contribution in [-0.4, -0.2) is 76.1 Å². The molecule has 1 aromatic heterocycles. The highest BCUT2D eigenvalue weighted by Gasteiger charge is 2.34. The number of nitrogens with one attached hydrogen (secondary N) is 2. The molecule has 1 saturated heterocycles. The number of halogens is 1. The molecule has 0 bridgehead atoms. The summed E-state index contributed by atoms with van der Waals surface area (Å²) in [5, 5.41) is 13.3. The smallest absolute Gasteiger partial charge is 0.267 e. The van der Waals surface area contributed by atoms with Crippen LogP contribution in [0.25, 0.3) is 10.9 Å². The summed E-state index contributed by atoms with van der Waals surface area (Å²) in [4.78, 5) is 31.8. The SMILES string of the molecule is CC(=O)N1CCN([C@@H]2CCC[C@@H](NC(=O)c3cc4c(F)ccc(C)c4[nH]3)C2)C[C@@H]1CO. The summed E-state index contributed by atoms with van der Waals surface area (Å²) in [6, 6.07) is 4.88. The number of aromatic amines is 1. The van der Waals surface area contributed by atoms with Gasteiger partial charge in [-0.25, -0.2) is 4.39 Å². The molecule has 3 atom stereocenters. The number of aromatic nitrogens is 1. The fourth-order valence-electron chi connectivity index (χ4n) is 5.12. The standard InChI is InChI=1S/C23H31FN4O3/c1-14-6-7-20(24)19-11-21(26-22(14)19)23(31)25-16-4-3-5-17(10-16)27-8-9-28(15(2)30)18(12-27)13-29/h6-7,11,16-18,26,29H,3-5,8-10,12-13H2,1-2H3,(H,25,31)/t16-,17-,18-/m1/s1. The molecule has 168 valence electrons. The van der Waals surface area contributed by atoms with E-state index in [-0.39, 0.29) is 36.3 Å². The molecule has 1 aliphatic carbocycles. The number of benzene rings is 1. The Kier molecular flexibility index (Phi) is 6.29. The van der Waals surface area contributed by atoms with Crippen molar-refractivity contribution in [2.24, 2.45) is 0 Å². The number of hydrogen-bond acceptors (Lipinski definition) is 4. The summed E-state index contributed by atoms with van der Waals surface area (Å²) in [5.74, 6) is -0.551. The van der Waals surface area contributed by atoms with Crippen molar-refractivity contribution in [3.8, 4) is 0 Å². The minimum absolute atomic E-state index is 0.00232. The minimum Gasteiger partial charge on any atom is -0.394 e. The molecule has 1 aromatic carbocycles. The van der Waals surface area contributed by atoms with Crippen molar-refractivity contribution in [2.45, 2.75) is 57.7 Å². The van der Waals surface area contributed by atoms with Gasteiger partial charge in [-0.3, -0.25) is 14.5 Å². The lowest BCUT2D eigenvalue weighted by atomic mass is 9.89. The molecule has 2 aromatic rings. The third kappa shape index (κ3) is 4.45. The van der Waals surface area contributed by atoms with Crippen LogP contribution in [0.3, 0.4) is 0 Å². The number of rotatable bonds is 4. The van der Waals surface area contributed by atoms with Crippen molar-refractivity contribution >= 4 is 22.7 Å². The first kappa shape index (κ1) is 21.8. The number of fused-ring (bicyclic) bond motifs is 1. The van der Waals surface area contributed by atoms with Gasteiger partial charge in [-0.1, -0.05) is 6.07 Å². The number of carbonyl (C=O) groups excluding carboxylic acids is 2. The van der Waals surface area contributed by atoms with Gasteiger partial charge < -0.3 is 20.3 Å². The van der Waals surface area contributed by atoms with Crippen molar-refractivity contribution in [1.82, 2.24) is 20.1 Å². The van der Waals surface area contributed by atoms with Crippen LogP contribution in [0.4, 0.5) is 4.39 Å². The number of piperazine rings is 1. The van der Waals surface area contributed by atoms with Gasteiger partial charge in [-0.15, -0.1) is 0 Å². The highest BCUT2D eigenvalue weighted by Crippen LogP contribution is 2.27. The van der Waals surface area contributed by atoms with E-state index in [4.69, 9.17) is 0 Å². The number of aliphatic hydroxyl groups is 1. The summed E-state index contributed by atoms with van der Waals surface area (Å²) in [6.07, 6.45) is 3.79. The average Bonchev–Trinajstić information content (AvgIpc) is 3.23. The maximum absolute atomic E-state index is 14.1. The van der Waals surface area contributed by atoms with Crippen molar-refractivity contribution in [3.63, 3.8) is 0 Å². The van der Waals surface area contributed by atoms with Gasteiger partial charge in [-0.2, -0.15) is 0 Å². The molecule has 31 heavy (non-hydrogen) atoms. The van der Waals surface area contributed by atoms with Crippen LogP contribution < -0.4 is 5.32 Å². The van der Waals surface area contributed by atoms with E-state index in [1.54, 1.807) is 24.0 Å². The lowest BCUT2D eigenvalue weighted by Crippen LogP contribution is -2.59. The number of nitrogens with zero attached hydrogens (tertiary/aromatic N) is 2. The largest absolute Gasteiger partial charge is 0.394 e. The predicted molar refractivity (Wildman–Crippen MR) is 116 cm³/mol. The molecule has 8 heteroatoms. The zero-order valence-corrected chi connectivity index (χ0v) is 18.2. The van der Waals surface area contributed by atoms with Gasteiger partial charge in [-0.05, 0) is 50.3 Å². The number of amides is 2. The number of hydrogen-bond donors (Lipinski definition) is 3. The Morgan fingerprint density at radius 3 is 2.81 bits per heavy atom. The molecule has 1 aliphatic heterocycles. The zero-order chi connectivity index (χ0) is 22.1. The Hall–Kier alpha value is -2.45. The number of carbonyl (C=O) groups is 2. The average molecular weight is 431 g/mol. The first-order chi connectivity index (χ1) is 14.9.